The van der Waals surface area contributed by atoms with Crippen LogP contribution in [-0.2, 0) is 20.7 Å². The number of hydrogen-bond donors (Lipinski definition) is 2. The van der Waals surface area contributed by atoms with Crippen LogP contribution < -0.4 is 10.6 Å². The summed E-state index contributed by atoms with van der Waals surface area (Å²) < 4.78 is 4.76. The van der Waals surface area contributed by atoms with Crippen LogP contribution in [0.25, 0.3) is 0 Å². The number of aryl methyl sites for hydroxylation is 1. The molecule has 108 valence electrons. The van der Waals surface area contributed by atoms with Crippen molar-refractivity contribution in [3.63, 3.8) is 0 Å². The van der Waals surface area contributed by atoms with Gasteiger partial charge in [-0.2, -0.15) is 11.3 Å². The van der Waals surface area contributed by atoms with E-state index in [1.807, 2.05) is 22.1 Å². The minimum Gasteiger partial charge on any atom is -0.456 e. The predicted molar refractivity (Wildman–Crippen MR) is 75.3 cm³/mol. The Hall–Kier alpha value is -2.15. The van der Waals surface area contributed by atoms with E-state index in [-0.39, 0.29) is 13.0 Å². The lowest BCUT2D eigenvalue weighted by atomic mass is 10.2. The summed E-state index contributed by atoms with van der Waals surface area (Å²) in [5.74, 6) is -1.15. The Balaban J connectivity index is 2.15. The van der Waals surface area contributed by atoms with E-state index in [1.165, 1.54) is 6.08 Å². The molecule has 0 aliphatic heterocycles. The number of rotatable bonds is 7. The highest BCUT2D eigenvalue weighted by Gasteiger charge is 2.10. The maximum absolute atomic E-state index is 11.4. The van der Waals surface area contributed by atoms with Crippen molar-refractivity contribution < 1.29 is 19.1 Å². The molecule has 1 aromatic heterocycles. The number of nitrogens with one attached hydrogen (secondary N) is 2. The summed E-state index contributed by atoms with van der Waals surface area (Å²) in [6.45, 7) is 3.20. The molecule has 3 amide bonds. The zero-order valence-corrected chi connectivity index (χ0v) is 11.7. The van der Waals surface area contributed by atoms with Crippen molar-refractivity contribution in [1.29, 1.82) is 0 Å². The molecule has 0 unspecified atom stereocenters. The molecule has 7 heteroatoms. The van der Waals surface area contributed by atoms with E-state index in [0.29, 0.717) is 6.42 Å². The Bertz CT molecular complexity index is 471. The Kier molecular flexibility index (Phi) is 7.05. The number of imide groups is 1. The standard InChI is InChI=1S/C13H16N2O4S/c1-2-6-14-13(18)15-11(16)8-19-12(17)4-3-10-5-7-20-9-10/h2,5,7,9H,1,3-4,6,8H2,(H2,14,15,16,18). The van der Waals surface area contributed by atoms with Crippen LogP contribution in [0.3, 0.4) is 0 Å². The molecule has 0 bridgehead atoms. The minimum absolute atomic E-state index is 0.201. The van der Waals surface area contributed by atoms with Crippen molar-refractivity contribution in [2.75, 3.05) is 13.2 Å². The van der Waals surface area contributed by atoms with Crippen LogP contribution in [0.15, 0.2) is 29.5 Å². The van der Waals surface area contributed by atoms with Gasteiger partial charge in [0.05, 0.1) is 0 Å². The molecule has 6 nitrogen and oxygen atoms in total. The zero-order chi connectivity index (χ0) is 14.8. The molecule has 0 radical (unpaired) electrons. The van der Waals surface area contributed by atoms with Crippen LogP contribution in [-0.4, -0.2) is 31.1 Å². The van der Waals surface area contributed by atoms with Crippen LogP contribution in [0.1, 0.15) is 12.0 Å². The van der Waals surface area contributed by atoms with Gasteiger partial charge in [0.15, 0.2) is 6.61 Å². The molecule has 0 atom stereocenters. The molecule has 0 fully saturated rings. The average molecular weight is 296 g/mol. The second-order valence-corrected chi connectivity index (χ2v) is 4.62. The number of carbonyl (C=O) groups is 3. The quantitative estimate of drug-likeness (QED) is 0.585. The summed E-state index contributed by atoms with van der Waals surface area (Å²) in [7, 11) is 0. The van der Waals surface area contributed by atoms with E-state index in [2.05, 4.69) is 11.9 Å². The number of hydrogen-bond acceptors (Lipinski definition) is 5. The highest BCUT2D eigenvalue weighted by Crippen LogP contribution is 2.08. The Morgan fingerprint density at radius 1 is 1.40 bits per heavy atom. The molecular weight excluding hydrogens is 280 g/mol. The molecule has 0 saturated heterocycles. The summed E-state index contributed by atoms with van der Waals surface area (Å²) in [4.78, 5) is 33.8. The van der Waals surface area contributed by atoms with Gasteiger partial charge in [-0.3, -0.25) is 14.9 Å². The number of carbonyl (C=O) groups excluding carboxylic acids is 3. The maximum Gasteiger partial charge on any atom is 0.321 e. The molecule has 1 rings (SSSR count). The lowest BCUT2D eigenvalue weighted by Gasteiger charge is -2.06. The van der Waals surface area contributed by atoms with Crippen molar-refractivity contribution in [1.82, 2.24) is 10.6 Å². The summed E-state index contributed by atoms with van der Waals surface area (Å²) in [5, 5.41) is 8.27. The fourth-order valence-corrected chi connectivity index (χ4v) is 1.97. The largest absolute Gasteiger partial charge is 0.456 e. The van der Waals surface area contributed by atoms with Crippen LogP contribution in [0.5, 0.6) is 0 Å². The van der Waals surface area contributed by atoms with E-state index >= 15 is 0 Å². The molecule has 0 aromatic carbocycles. The van der Waals surface area contributed by atoms with Crippen molar-refractivity contribution in [3.05, 3.63) is 35.0 Å². The Labute approximate surface area is 120 Å². The smallest absolute Gasteiger partial charge is 0.321 e. The SMILES string of the molecule is C=CCNC(=O)NC(=O)COC(=O)CCc1ccsc1. The second kappa shape index (κ2) is 8.87. The van der Waals surface area contributed by atoms with Gasteiger partial charge in [0.2, 0.25) is 0 Å². The number of urea groups is 1. The van der Waals surface area contributed by atoms with Crippen LogP contribution in [0.4, 0.5) is 4.79 Å². The van der Waals surface area contributed by atoms with Gasteiger partial charge >= 0.3 is 12.0 Å². The van der Waals surface area contributed by atoms with Gasteiger partial charge < -0.3 is 10.1 Å². The molecule has 0 aliphatic carbocycles. The maximum atomic E-state index is 11.4. The molecule has 0 aliphatic rings. The third-order valence-corrected chi connectivity index (χ3v) is 2.95. The van der Waals surface area contributed by atoms with Gasteiger partial charge in [0.25, 0.3) is 5.91 Å². The number of amides is 3. The lowest BCUT2D eigenvalue weighted by Crippen LogP contribution is -2.41. The fourth-order valence-electron chi connectivity index (χ4n) is 1.27. The molecule has 0 saturated carbocycles. The van der Waals surface area contributed by atoms with E-state index in [9.17, 15) is 14.4 Å². The first-order valence-corrected chi connectivity index (χ1v) is 6.91. The van der Waals surface area contributed by atoms with Crippen LogP contribution in [0, 0.1) is 0 Å². The Morgan fingerprint density at radius 3 is 2.85 bits per heavy atom. The molecular formula is C13H16N2O4S. The monoisotopic (exact) mass is 296 g/mol. The van der Waals surface area contributed by atoms with E-state index in [4.69, 9.17) is 4.74 Å². The van der Waals surface area contributed by atoms with Crippen molar-refractivity contribution >= 4 is 29.2 Å². The summed E-state index contributed by atoms with van der Waals surface area (Å²) in [5.41, 5.74) is 1.06. The highest BCUT2D eigenvalue weighted by atomic mass is 32.1. The fraction of sp³-hybridized carbons (Fsp3) is 0.308. The van der Waals surface area contributed by atoms with Crippen molar-refractivity contribution in [2.24, 2.45) is 0 Å². The number of ether oxygens (including phenoxy) is 1. The third kappa shape index (κ3) is 6.69. The van der Waals surface area contributed by atoms with E-state index < -0.39 is 24.5 Å². The molecule has 1 aromatic rings. The van der Waals surface area contributed by atoms with E-state index in [1.54, 1.807) is 11.3 Å². The summed E-state index contributed by atoms with van der Waals surface area (Å²) in [6.07, 6.45) is 2.25. The van der Waals surface area contributed by atoms with E-state index in [0.717, 1.165) is 5.56 Å². The van der Waals surface area contributed by atoms with Crippen molar-refractivity contribution in [2.45, 2.75) is 12.8 Å². The van der Waals surface area contributed by atoms with Gasteiger partial charge in [-0.1, -0.05) is 6.08 Å². The highest BCUT2D eigenvalue weighted by molar-refractivity contribution is 7.07. The average Bonchev–Trinajstić information content (AvgIpc) is 2.93. The number of esters is 1. The van der Waals surface area contributed by atoms with Gasteiger partial charge in [0.1, 0.15) is 0 Å². The summed E-state index contributed by atoms with van der Waals surface area (Å²) in [6, 6.07) is 1.28. The Morgan fingerprint density at radius 2 is 2.20 bits per heavy atom. The van der Waals surface area contributed by atoms with Crippen LogP contribution >= 0.6 is 11.3 Å². The summed E-state index contributed by atoms with van der Waals surface area (Å²) >= 11 is 1.56. The predicted octanol–water partition coefficient (Wildman–Crippen LogP) is 1.24. The second-order valence-electron chi connectivity index (χ2n) is 3.84. The topological polar surface area (TPSA) is 84.5 Å². The number of thiophene rings is 1. The molecule has 0 spiro atoms. The van der Waals surface area contributed by atoms with Gasteiger partial charge in [-0.25, -0.2) is 4.79 Å². The first-order chi connectivity index (χ1) is 9.61. The molecule has 1 heterocycles. The van der Waals surface area contributed by atoms with Gasteiger partial charge in [-0.15, -0.1) is 6.58 Å². The van der Waals surface area contributed by atoms with Crippen LogP contribution in [0.2, 0.25) is 0 Å². The lowest BCUT2D eigenvalue weighted by molar-refractivity contribution is -0.148. The van der Waals surface area contributed by atoms with Gasteiger partial charge in [-0.05, 0) is 28.8 Å². The first kappa shape index (κ1) is 15.9. The molecule has 20 heavy (non-hydrogen) atoms. The first-order valence-electron chi connectivity index (χ1n) is 5.97. The normalized spacial score (nSPS) is 9.60. The van der Waals surface area contributed by atoms with Gasteiger partial charge in [0, 0.05) is 13.0 Å². The molecule has 2 N–H and O–H groups in total. The van der Waals surface area contributed by atoms with Crippen molar-refractivity contribution in [3.8, 4) is 0 Å². The minimum atomic E-state index is -0.671. The zero-order valence-electron chi connectivity index (χ0n) is 10.9. The third-order valence-electron chi connectivity index (χ3n) is 2.22.